The highest BCUT2D eigenvalue weighted by molar-refractivity contribution is 7.99. The van der Waals surface area contributed by atoms with Crippen LogP contribution >= 0.6 is 11.8 Å². The van der Waals surface area contributed by atoms with Crippen molar-refractivity contribution in [1.29, 1.82) is 0 Å². The van der Waals surface area contributed by atoms with Crippen LogP contribution in [0, 0.1) is 13.8 Å². The zero-order valence-corrected chi connectivity index (χ0v) is 43.6. The summed E-state index contributed by atoms with van der Waals surface area (Å²) in [5.41, 5.74) is 13.5. The number of furan rings is 2. The van der Waals surface area contributed by atoms with E-state index in [-0.39, 0.29) is 5.41 Å². The number of thioether (sulfide) groups is 1. The lowest BCUT2D eigenvalue weighted by molar-refractivity contribution is 0.591. The first kappa shape index (κ1) is 44.2. The van der Waals surface area contributed by atoms with Gasteiger partial charge in [-0.05, 0) is 107 Å². The molecule has 0 atom stereocenters. The van der Waals surface area contributed by atoms with E-state index in [4.69, 9.17) is 8.83 Å². The highest BCUT2D eigenvalue weighted by Crippen LogP contribution is 2.54. The molecular weight excluding hydrogens is 889 g/mol. The van der Waals surface area contributed by atoms with Gasteiger partial charge >= 0.3 is 0 Å². The van der Waals surface area contributed by atoms with Crippen molar-refractivity contribution < 1.29 is 8.83 Å². The third-order valence-corrected chi connectivity index (χ3v) is 17.4. The molecule has 12 rings (SSSR count). The van der Waals surface area contributed by atoms with Crippen molar-refractivity contribution >= 4 is 135 Å². The van der Waals surface area contributed by atoms with Gasteiger partial charge in [-0.3, -0.25) is 0 Å². The number of benzene rings is 10. The normalized spacial score (nSPS) is 12.6. The SMILES string of the molecule is Cc1cc(SC(C)C)ccc1N(c1cc(N(c2ccc([Si](C)(C)C)cc2C)c2cccc3c2oc2ccccc23)c2ccc3cc(C(C)(C)C)cc4ccc1c2c43)c1cccc2c1oc1ccccc12. The Balaban J connectivity index is 1.25. The van der Waals surface area contributed by atoms with Crippen molar-refractivity contribution in [1.82, 2.24) is 0 Å². The van der Waals surface area contributed by atoms with Gasteiger partial charge in [-0.2, -0.15) is 0 Å². The largest absolute Gasteiger partial charge is 0.454 e. The van der Waals surface area contributed by atoms with Crippen LogP contribution in [0.1, 0.15) is 51.3 Å². The van der Waals surface area contributed by atoms with Crippen molar-refractivity contribution in [3.63, 3.8) is 0 Å². The van der Waals surface area contributed by atoms with E-state index in [2.05, 4.69) is 242 Å². The van der Waals surface area contributed by atoms with E-state index in [1.807, 2.05) is 11.8 Å². The number of rotatable bonds is 9. The summed E-state index contributed by atoms with van der Waals surface area (Å²) in [4.78, 5) is 6.24. The van der Waals surface area contributed by atoms with Crippen LogP contribution in [0.5, 0.6) is 0 Å². The maximum absolute atomic E-state index is 6.98. The Bertz CT molecular complexity index is 4020. The molecule has 70 heavy (non-hydrogen) atoms. The topological polar surface area (TPSA) is 32.8 Å². The number of fused-ring (bicyclic) bond motifs is 6. The predicted molar refractivity (Wildman–Crippen MR) is 306 cm³/mol. The number of para-hydroxylation sites is 4. The maximum atomic E-state index is 6.98. The van der Waals surface area contributed by atoms with Gasteiger partial charge in [-0.15, -0.1) is 11.8 Å². The highest BCUT2D eigenvalue weighted by atomic mass is 32.2. The minimum atomic E-state index is -1.66. The summed E-state index contributed by atoms with van der Waals surface area (Å²) in [5, 5.41) is 13.6. The second-order valence-electron chi connectivity index (χ2n) is 21.6. The highest BCUT2D eigenvalue weighted by Gasteiger charge is 2.30. The Morgan fingerprint density at radius 3 is 1.44 bits per heavy atom. The van der Waals surface area contributed by atoms with Crippen LogP contribution < -0.4 is 15.0 Å². The van der Waals surface area contributed by atoms with Crippen LogP contribution in [-0.4, -0.2) is 13.3 Å². The molecule has 0 saturated heterocycles. The van der Waals surface area contributed by atoms with E-state index in [1.165, 1.54) is 59.1 Å². The summed E-state index contributed by atoms with van der Waals surface area (Å²) in [7, 11) is -1.66. The zero-order chi connectivity index (χ0) is 48.4. The second kappa shape index (κ2) is 16.3. The average molecular weight is 947 g/mol. The molecule has 0 aliphatic rings. The van der Waals surface area contributed by atoms with Gasteiger partial charge in [0, 0.05) is 59.2 Å². The predicted octanol–water partition coefficient (Wildman–Crippen LogP) is 19.3. The molecule has 0 aliphatic carbocycles. The smallest absolute Gasteiger partial charge is 0.159 e. The molecule has 12 aromatic rings. The van der Waals surface area contributed by atoms with Crippen LogP contribution in [0.3, 0.4) is 0 Å². The lowest BCUT2D eigenvalue weighted by Gasteiger charge is -2.34. The standard InChI is InChI=1S/C64H58N2O2SSi/c1-38(2)69-44-27-31-52(39(3)33-44)65(54-21-15-19-48-46-17-11-13-23-58(46)67-62(48)54)56-37-57(51-30-26-42-36-43(64(5,6)7)35-41-25-29-50(56)61(51)60(41)42)66(53-32-28-45(34-40(53)4)70(8,9)10)55-22-16-20-49-47-18-12-14-24-59(47)68-63(49)55/h11-38H,1-10H3. The first-order valence-corrected chi connectivity index (χ1v) is 29.1. The molecule has 0 amide bonds. The molecule has 2 aromatic heterocycles. The monoisotopic (exact) mass is 946 g/mol. The Morgan fingerprint density at radius 2 is 0.957 bits per heavy atom. The fraction of sp³-hybridized carbons (Fsp3) is 0.188. The van der Waals surface area contributed by atoms with Crippen molar-refractivity contribution in [3.05, 3.63) is 180 Å². The molecule has 4 nitrogen and oxygen atoms in total. The fourth-order valence-electron chi connectivity index (χ4n) is 10.9. The Kier molecular flexibility index (Phi) is 10.3. The minimum absolute atomic E-state index is 0.0257. The fourth-order valence-corrected chi connectivity index (χ4v) is 13.0. The summed E-state index contributed by atoms with van der Waals surface area (Å²) in [6, 6.07) is 61.0. The number of aryl methyl sites for hydroxylation is 2. The zero-order valence-electron chi connectivity index (χ0n) is 41.8. The van der Waals surface area contributed by atoms with Crippen LogP contribution in [0.25, 0.3) is 76.2 Å². The quantitative estimate of drug-likeness (QED) is 0.0818. The van der Waals surface area contributed by atoms with Crippen LogP contribution in [0.15, 0.2) is 178 Å². The molecule has 2 heterocycles. The number of anilines is 6. The Hall–Kier alpha value is -6.99. The van der Waals surface area contributed by atoms with Crippen molar-refractivity contribution in [2.24, 2.45) is 0 Å². The van der Waals surface area contributed by atoms with Crippen LogP contribution in [0.4, 0.5) is 34.1 Å². The molecule has 0 unspecified atom stereocenters. The lowest BCUT2D eigenvalue weighted by Crippen LogP contribution is -2.37. The first-order chi connectivity index (χ1) is 33.6. The molecule has 346 valence electrons. The van der Waals surface area contributed by atoms with Gasteiger partial charge in [0.2, 0.25) is 0 Å². The van der Waals surface area contributed by atoms with E-state index in [0.29, 0.717) is 5.25 Å². The van der Waals surface area contributed by atoms with Gasteiger partial charge in [0.05, 0.1) is 30.8 Å². The van der Waals surface area contributed by atoms with Gasteiger partial charge in [-0.25, -0.2) is 0 Å². The van der Waals surface area contributed by atoms with Crippen LogP contribution in [-0.2, 0) is 5.41 Å². The molecule has 6 heteroatoms. The summed E-state index contributed by atoms with van der Waals surface area (Å²) < 4.78 is 14.0. The van der Waals surface area contributed by atoms with Crippen molar-refractivity contribution in [3.8, 4) is 0 Å². The molecule has 0 saturated carbocycles. The Morgan fingerprint density at radius 1 is 0.457 bits per heavy atom. The van der Waals surface area contributed by atoms with E-state index >= 15 is 0 Å². The molecule has 0 bridgehead atoms. The molecule has 0 fully saturated rings. The molecule has 0 aliphatic heterocycles. The third kappa shape index (κ3) is 7.17. The number of nitrogens with zero attached hydrogens (tertiary/aromatic N) is 2. The van der Waals surface area contributed by atoms with Gasteiger partial charge in [0.15, 0.2) is 11.2 Å². The molecule has 0 spiro atoms. The average Bonchev–Trinajstić information content (AvgIpc) is 3.91. The summed E-state index contributed by atoms with van der Waals surface area (Å²) in [5.74, 6) is 0. The van der Waals surface area contributed by atoms with E-state index in [0.717, 1.165) is 78.0 Å². The lowest BCUT2D eigenvalue weighted by atomic mass is 9.83. The minimum Gasteiger partial charge on any atom is -0.454 e. The van der Waals surface area contributed by atoms with Gasteiger partial charge < -0.3 is 18.6 Å². The van der Waals surface area contributed by atoms with E-state index < -0.39 is 8.07 Å². The van der Waals surface area contributed by atoms with Gasteiger partial charge in [0.25, 0.3) is 0 Å². The molecule has 0 radical (unpaired) electrons. The second-order valence-corrected chi connectivity index (χ2v) is 28.3. The van der Waals surface area contributed by atoms with Crippen molar-refractivity contribution in [2.45, 2.75) is 83.7 Å². The van der Waals surface area contributed by atoms with E-state index in [9.17, 15) is 0 Å². The molecule has 0 N–H and O–H groups in total. The maximum Gasteiger partial charge on any atom is 0.159 e. The Labute approximate surface area is 415 Å². The van der Waals surface area contributed by atoms with Crippen molar-refractivity contribution in [2.75, 3.05) is 9.80 Å². The summed E-state index contributed by atoms with van der Waals surface area (Å²) >= 11 is 1.90. The molecule has 10 aromatic carbocycles. The van der Waals surface area contributed by atoms with E-state index in [1.54, 1.807) is 0 Å². The van der Waals surface area contributed by atoms with Crippen LogP contribution in [0.2, 0.25) is 19.6 Å². The molecular formula is C64H58N2O2SSi. The van der Waals surface area contributed by atoms with Gasteiger partial charge in [0.1, 0.15) is 11.2 Å². The first-order valence-electron chi connectivity index (χ1n) is 24.7. The number of hydrogen-bond acceptors (Lipinski definition) is 5. The summed E-state index contributed by atoms with van der Waals surface area (Å²) in [6.07, 6.45) is 0. The van der Waals surface area contributed by atoms with Gasteiger partial charge in [-0.1, -0.05) is 169 Å². The third-order valence-electron chi connectivity index (χ3n) is 14.4. The number of hydrogen-bond donors (Lipinski definition) is 0. The summed E-state index contributed by atoms with van der Waals surface area (Å²) in [6.45, 7) is 23.3.